The number of benzene rings is 1. The van der Waals surface area contributed by atoms with E-state index < -0.39 is 0 Å². The normalized spacial score (nSPS) is 10.9. The topological polar surface area (TPSA) is 58.0 Å². The molecular weight excluding hydrogens is 377 g/mol. The monoisotopic (exact) mass is 397 g/mol. The number of rotatable bonds is 5. The molecule has 2 rings (SSSR count). The summed E-state index contributed by atoms with van der Waals surface area (Å²) >= 11 is 2.30. The number of phenolic OH excluding ortho intramolecular Hbond substituents is 1. The number of nitrogens with zero attached hydrogens (tertiary/aromatic N) is 2. The highest BCUT2D eigenvalue weighted by atomic mass is 127. The van der Waals surface area contributed by atoms with Crippen LogP contribution in [0.1, 0.15) is 26.5 Å². The number of halogens is 1. The first kappa shape index (κ1) is 16.0. The summed E-state index contributed by atoms with van der Waals surface area (Å²) < 4.78 is 1.08. The lowest BCUT2D eigenvalue weighted by molar-refractivity contribution is 0.475. The van der Waals surface area contributed by atoms with Crippen molar-refractivity contribution >= 4 is 28.4 Å². The summed E-state index contributed by atoms with van der Waals surface area (Å²) in [7, 11) is 0. The van der Waals surface area contributed by atoms with Crippen molar-refractivity contribution in [1.82, 2.24) is 9.97 Å². The summed E-state index contributed by atoms with van der Waals surface area (Å²) in [6.07, 6.45) is 0.908. The van der Waals surface area contributed by atoms with E-state index in [0.29, 0.717) is 11.7 Å². The fourth-order valence-electron chi connectivity index (χ4n) is 2.07. The molecule has 1 heterocycles. The highest BCUT2D eigenvalue weighted by Crippen LogP contribution is 2.27. The van der Waals surface area contributed by atoms with Crippen molar-refractivity contribution in [3.05, 3.63) is 33.5 Å². The Bertz CT molecular complexity index is 629. The molecular formula is C16H20IN3O. The molecule has 1 aromatic heterocycles. The molecule has 0 radical (unpaired) electrons. The second-order valence-corrected chi connectivity index (χ2v) is 6.41. The summed E-state index contributed by atoms with van der Waals surface area (Å²) in [5.41, 5.74) is 1.88. The average molecular weight is 397 g/mol. The van der Waals surface area contributed by atoms with Gasteiger partial charge in [0.1, 0.15) is 11.6 Å². The third-order valence-corrected chi connectivity index (χ3v) is 4.10. The van der Waals surface area contributed by atoms with Gasteiger partial charge in [0.15, 0.2) is 5.82 Å². The summed E-state index contributed by atoms with van der Waals surface area (Å²) in [5.74, 6) is 2.27. The van der Waals surface area contributed by atoms with Crippen LogP contribution in [0.25, 0.3) is 11.4 Å². The predicted octanol–water partition coefficient (Wildman–Crippen LogP) is 4.08. The van der Waals surface area contributed by atoms with Gasteiger partial charge in [-0.1, -0.05) is 26.0 Å². The Balaban J connectivity index is 2.52. The third-order valence-electron chi connectivity index (χ3n) is 2.97. The number of aromatic hydroxyl groups is 1. The number of phenols is 1. The number of hydrogen-bond donors (Lipinski definition) is 2. The van der Waals surface area contributed by atoms with E-state index in [0.717, 1.165) is 33.6 Å². The van der Waals surface area contributed by atoms with Gasteiger partial charge < -0.3 is 10.4 Å². The van der Waals surface area contributed by atoms with Gasteiger partial charge >= 0.3 is 0 Å². The molecule has 2 aromatic rings. The molecule has 0 saturated carbocycles. The Morgan fingerprint density at radius 1 is 1.29 bits per heavy atom. The van der Waals surface area contributed by atoms with Crippen LogP contribution in [-0.2, 0) is 6.42 Å². The van der Waals surface area contributed by atoms with E-state index in [9.17, 15) is 5.11 Å². The van der Waals surface area contributed by atoms with Crippen LogP contribution < -0.4 is 5.32 Å². The Kier molecular flexibility index (Phi) is 5.39. The Labute approximate surface area is 139 Å². The standard InChI is InChI=1S/C16H20IN3O/c1-4-18-16-14(17)13(8-10(2)3)19-15(20-16)11-6-5-7-12(21)9-11/h5-7,9-10,21H,4,8H2,1-3H3,(H,18,19,20). The van der Waals surface area contributed by atoms with E-state index in [1.165, 1.54) is 0 Å². The maximum absolute atomic E-state index is 9.64. The van der Waals surface area contributed by atoms with Crippen molar-refractivity contribution in [2.75, 3.05) is 11.9 Å². The predicted molar refractivity (Wildman–Crippen MR) is 94.6 cm³/mol. The van der Waals surface area contributed by atoms with Gasteiger partial charge in [-0.2, -0.15) is 0 Å². The van der Waals surface area contributed by atoms with E-state index in [4.69, 9.17) is 4.98 Å². The molecule has 0 fully saturated rings. The molecule has 0 amide bonds. The Hall–Kier alpha value is -1.37. The van der Waals surface area contributed by atoms with Crippen LogP contribution in [0.5, 0.6) is 5.75 Å². The molecule has 0 spiro atoms. The number of aromatic nitrogens is 2. The molecule has 0 unspecified atom stereocenters. The molecule has 0 aliphatic heterocycles. The minimum atomic E-state index is 0.227. The van der Waals surface area contributed by atoms with Crippen LogP contribution in [0.2, 0.25) is 0 Å². The lowest BCUT2D eigenvalue weighted by Gasteiger charge is -2.13. The lowest BCUT2D eigenvalue weighted by Crippen LogP contribution is -2.09. The Morgan fingerprint density at radius 2 is 2.05 bits per heavy atom. The molecule has 21 heavy (non-hydrogen) atoms. The molecule has 0 aliphatic rings. The average Bonchev–Trinajstić information content (AvgIpc) is 2.42. The minimum absolute atomic E-state index is 0.227. The minimum Gasteiger partial charge on any atom is -0.508 e. The van der Waals surface area contributed by atoms with Crippen molar-refractivity contribution in [2.45, 2.75) is 27.2 Å². The van der Waals surface area contributed by atoms with Gasteiger partial charge in [-0.15, -0.1) is 0 Å². The fraction of sp³-hybridized carbons (Fsp3) is 0.375. The van der Waals surface area contributed by atoms with E-state index in [1.54, 1.807) is 18.2 Å². The highest BCUT2D eigenvalue weighted by molar-refractivity contribution is 14.1. The smallest absolute Gasteiger partial charge is 0.161 e. The fourth-order valence-corrected chi connectivity index (χ4v) is 2.73. The van der Waals surface area contributed by atoms with Crippen LogP contribution in [0, 0.1) is 9.49 Å². The lowest BCUT2D eigenvalue weighted by atomic mass is 10.1. The zero-order valence-electron chi connectivity index (χ0n) is 12.5. The van der Waals surface area contributed by atoms with Gasteiger partial charge in [0.25, 0.3) is 0 Å². The molecule has 0 aliphatic carbocycles. The van der Waals surface area contributed by atoms with E-state index >= 15 is 0 Å². The van der Waals surface area contributed by atoms with Gasteiger partial charge in [0, 0.05) is 12.1 Å². The summed E-state index contributed by atoms with van der Waals surface area (Å²) in [5, 5.41) is 12.9. The van der Waals surface area contributed by atoms with Crippen molar-refractivity contribution in [1.29, 1.82) is 0 Å². The number of anilines is 1. The quantitative estimate of drug-likeness (QED) is 0.747. The molecule has 112 valence electrons. The van der Waals surface area contributed by atoms with Crippen molar-refractivity contribution in [3.63, 3.8) is 0 Å². The van der Waals surface area contributed by atoms with E-state index in [-0.39, 0.29) is 5.75 Å². The van der Waals surface area contributed by atoms with Gasteiger partial charge in [-0.3, -0.25) is 0 Å². The molecule has 0 saturated heterocycles. The summed E-state index contributed by atoms with van der Waals surface area (Å²) in [4.78, 5) is 9.30. The van der Waals surface area contributed by atoms with E-state index in [1.807, 2.05) is 13.0 Å². The first-order chi connectivity index (χ1) is 10.0. The maximum Gasteiger partial charge on any atom is 0.161 e. The SMILES string of the molecule is CCNc1nc(-c2cccc(O)c2)nc(CC(C)C)c1I. The molecule has 4 nitrogen and oxygen atoms in total. The van der Waals surface area contributed by atoms with Crippen molar-refractivity contribution in [2.24, 2.45) is 5.92 Å². The Morgan fingerprint density at radius 3 is 2.67 bits per heavy atom. The number of hydrogen-bond acceptors (Lipinski definition) is 4. The van der Waals surface area contributed by atoms with Gasteiger partial charge in [0.2, 0.25) is 0 Å². The largest absolute Gasteiger partial charge is 0.508 e. The van der Waals surface area contributed by atoms with Gasteiger partial charge in [-0.05, 0) is 54.0 Å². The zero-order valence-corrected chi connectivity index (χ0v) is 14.7. The molecule has 2 N–H and O–H groups in total. The number of nitrogens with one attached hydrogen (secondary N) is 1. The molecule has 5 heteroatoms. The summed E-state index contributed by atoms with van der Waals surface area (Å²) in [6, 6.07) is 7.06. The molecule has 0 bridgehead atoms. The first-order valence-electron chi connectivity index (χ1n) is 7.11. The first-order valence-corrected chi connectivity index (χ1v) is 8.18. The van der Waals surface area contributed by atoms with Crippen molar-refractivity contribution < 1.29 is 5.11 Å². The second-order valence-electron chi connectivity index (χ2n) is 5.34. The van der Waals surface area contributed by atoms with Gasteiger partial charge in [0.05, 0.1) is 9.26 Å². The van der Waals surface area contributed by atoms with E-state index in [2.05, 4.69) is 46.7 Å². The maximum atomic E-state index is 9.64. The van der Waals surface area contributed by atoms with Crippen LogP contribution in [-0.4, -0.2) is 21.6 Å². The van der Waals surface area contributed by atoms with Crippen molar-refractivity contribution in [3.8, 4) is 17.1 Å². The molecule has 0 atom stereocenters. The second kappa shape index (κ2) is 7.06. The van der Waals surface area contributed by atoms with Crippen LogP contribution in [0.15, 0.2) is 24.3 Å². The van der Waals surface area contributed by atoms with Crippen LogP contribution in [0.4, 0.5) is 5.82 Å². The van der Waals surface area contributed by atoms with Crippen LogP contribution >= 0.6 is 22.6 Å². The zero-order chi connectivity index (χ0) is 15.4. The third kappa shape index (κ3) is 4.06. The molecule has 1 aromatic carbocycles. The van der Waals surface area contributed by atoms with Gasteiger partial charge in [-0.25, -0.2) is 9.97 Å². The highest BCUT2D eigenvalue weighted by Gasteiger charge is 2.14. The van der Waals surface area contributed by atoms with Crippen LogP contribution in [0.3, 0.4) is 0 Å². The summed E-state index contributed by atoms with van der Waals surface area (Å²) in [6.45, 7) is 7.22.